The molecule has 128 valence electrons. The molecule has 24 heavy (non-hydrogen) atoms. The monoisotopic (exact) mass is 334 g/mol. The van der Waals surface area contributed by atoms with E-state index < -0.39 is 29.7 Å². The molecule has 0 saturated carbocycles. The lowest BCUT2D eigenvalue weighted by Crippen LogP contribution is -2.48. The number of carbonyl (C=O) groups is 2. The number of methoxy groups -OCH3 is 1. The lowest BCUT2D eigenvalue weighted by atomic mass is 9.75. The van der Waals surface area contributed by atoms with Gasteiger partial charge in [0, 0.05) is 30.5 Å². The van der Waals surface area contributed by atoms with E-state index in [0.717, 1.165) is 0 Å². The summed E-state index contributed by atoms with van der Waals surface area (Å²) >= 11 is 0. The van der Waals surface area contributed by atoms with Gasteiger partial charge in [-0.1, -0.05) is 0 Å². The van der Waals surface area contributed by atoms with Crippen molar-refractivity contribution in [3.63, 3.8) is 0 Å². The highest BCUT2D eigenvalue weighted by molar-refractivity contribution is 6.03. The molecule has 3 unspecified atom stereocenters. The number of phenols is 1. The number of aliphatic hydroxyl groups is 1. The molecule has 0 aromatic heterocycles. The topological polar surface area (TPSA) is 102 Å². The van der Waals surface area contributed by atoms with Crippen molar-refractivity contribution in [2.24, 2.45) is 0 Å². The van der Waals surface area contributed by atoms with Crippen molar-refractivity contribution in [1.82, 2.24) is 0 Å². The Morgan fingerprint density at radius 3 is 2.75 bits per heavy atom. The van der Waals surface area contributed by atoms with Crippen molar-refractivity contribution < 1.29 is 34.0 Å². The molecule has 1 aromatic rings. The Kier molecular flexibility index (Phi) is 3.76. The predicted molar refractivity (Wildman–Crippen MR) is 82.6 cm³/mol. The molecule has 0 saturated heterocycles. The maximum atomic E-state index is 12.3. The lowest BCUT2D eigenvalue weighted by Gasteiger charge is -2.43. The van der Waals surface area contributed by atoms with Crippen LogP contribution in [0, 0.1) is 0 Å². The van der Waals surface area contributed by atoms with E-state index in [2.05, 4.69) is 0 Å². The number of hydrogen-bond donors (Lipinski definition) is 2. The Balaban J connectivity index is 2.20. The molecule has 0 fully saturated rings. The highest BCUT2D eigenvalue weighted by Gasteiger charge is 2.48. The van der Waals surface area contributed by atoms with Crippen LogP contribution < -0.4 is 4.74 Å². The van der Waals surface area contributed by atoms with Crippen LogP contribution in [0.5, 0.6) is 11.5 Å². The number of aromatic hydroxyl groups is 1. The summed E-state index contributed by atoms with van der Waals surface area (Å²) in [5.41, 5.74) is -0.0612. The molecule has 3 atom stereocenters. The standard InChI is InChI=1S/C17H18O7/c1-8(18)23-14-6-11-10-4-9(22-3)5-12(19)15(10)16(21)24-17(11,2)7-13(14)20/h4-6,13-14,19-20H,7H2,1-3H3. The van der Waals surface area contributed by atoms with Crippen LogP contribution in [0.1, 0.15) is 36.2 Å². The average molecular weight is 334 g/mol. The first-order valence-corrected chi connectivity index (χ1v) is 7.47. The minimum absolute atomic E-state index is 0.0255. The number of aliphatic hydroxyl groups excluding tert-OH is 1. The van der Waals surface area contributed by atoms with E-state index >= 15 is 0 Å². The molecular weight excluding hydrogens is 316 g/mol. The van der Waals surface area contributed by atoms with Crippen LogP contribution in [-0.4, -0.2) is 47.1 Å². The largest absolute Gasteiger partial charge is 0.507 e. The maximum Gasteiger partial charge on any atom is 0.343 e. The fourth-order valence-corrected chi connectivity index (χ4v) is 3.25. The van der Waals surface area contributed by atoms with Gasteiger partial charge in [0.05, 0.1) is 13.2 Å². The fourth-order valence-electron chi connectivity index (χ4n) is 3.25. The van der Waals surface area contributed by atoms with E-state index in [1.807, 2.05) is 0 Å². The van der Waals surface area contributed by atoms with Crippen LogP contribution in [0.25, 0.3) is 5.57 Å². The number of phenolic OH excluding ortho intramolecular Hbond substituents is 1. The summed E-state index contributed by atoms with van der Waals surface area (Å²) in [6.07, 6.45) is -0.237. The van der Waals surface area contributed by atoms with Crippen LogP contribution in [-0.2, 0) is 14.3 Å². The second kappa shape index (κ2) is 5.52. The molecule has 1 aliphatic carbocycles. The van der Waals surface area contributed by atoms with Crippen molar-refractivity contribution in [2.75, 3.05) is 7.11 Å². The number of fused-ring (bicyclic) bond motifs is 3. The third-order valence-corrected chi connectivity index (χ3v) is 4.32. The summed E-state index contributed by atoms with van der Waals surface area (Å²) in [6.45, 7) is 2.92. The van der Waals surface area contributed by atoms with Gasteiger partial charge in [0.2, 0.25) is 0 Å². The summed E-state index contributed by atoms with van der Waals surface area (Å²) in [7, 11) is 1.45. The molecule has 2 aliphatic rings. The Bertz CT molecular complexity index is 752. The van der Waals surface area contributed by atoms with Crippen molar-refractivity contribution in [1.29, 1.82) is 0 Å². The first-order valence-electron chi connectivity index (χ1n) is 7.47. The zero-order valence-electron chi connectivity index (χ0n) is 13.5. The highest BCUT2D eigenvalue weighted by Crippen LogP contribution is 2.47. The van der Waals surface area contributed by atoms with Gasteiger partial charge in [-0.3, -0.25) is 4.79 Å². The summed E-state index contributed by atoms with van der Waals surface area (Å²) in [5, 5.41) is 20.4. The minimum atomic E-state index is -1.08. The molecular formula is C17H18O7. The molecule has 1 aliphatic heterocycles. The molecule has 3 rings (SSSR count). The third-order valence-electron chi connectivity index (χ3n) is 4.32. The van der Waals surface area contributed by atoms with Crippen molar-refractivity contribution >= 4 is 17.5 Å². The molecule has 0 radical (unpaired) electrons. The minimum Gasteiger partial charge on any atom is -0.507 e. The predicted octanol–water partition coefficient (Wildman–Crippen LogP) is 1.41. The van der Waals surface area contributed by atoms with E-state index in [9.17, 15) is 19.8 Å². The highest BCUT2D eigenvalue weighted by atomic mass is 16.6. The molecule has 7 heteroatoms. The van der Waals surface area contributed by atoms with Gasteiger partial charge in [-0.15, -0.1) is 0 Å². The van der Waals surface area contributed by atoms with Gasteiger partial charge < -0.3 is 24.4 Å². The van der Waals surface area contributed by atoms with Crippen molar-refractivity contribution in [2.45, 2.75) is 38.1 Å². The quantitative estimate of drug-likeness (QED) is 0.788. The fraction of sp³-hybridized carbons (Fsp3) is 0.412. The van der Waals surface area contributed by atoms with Crippen LogP contribution >= 0.6 is 0 Å². The second-order valence-corrected chi connectivity index (χ2v) is 6.12. The van der Waals surface area contributed by atoms with E-state index in [-0.39, 0.29) is 17.7 Å². The van der Waals surface area contributed by atoms with E-state index in [0.29, 0.717) is 16.9 Å². The second-order valence-electron chi connectivity index (χ2n) is 6.12. The Morgan fingerprint density at radius 1 is 1.42 bits per heavy atom. The van der Waals surface area contributed by atoms with Crippen molar-refractivity contribution in [3.05, 3.63) is 29.3 Å². The molecule has 7 nitrogen and oxygen atoms in total. The maximum absolute atomic E-state index is 12.3. The van der Waals surface area contributed by atoms with Gasteiger partial charge in [0.15, 0.2) is 0 Å². The van der Waals surface area contributed by atoms with Gasteiger partial charge in [0.25, 0.3) is 0 Å². The molecule has 1 aromatic carbocycles. The van der Waals surface area contributed by atoms with E-state index in [4.69, 9.17) is 14.2 Å². The van der Waals surface area contributed by atoms with E-state index in [1.165, 1.54) is 20.1 Å². The molecule has 0 amide bonds. The van der Waals surface area contributed by atoms with Gasteiger partial charge >= 0.3 is 11.9 Å². The van der Waals surface area contributed by atoms with Crippen LogP contribution in [0.15, 0.2) is 18.2 Å². The molecule has 1 heterocycles. The van der Waals surface area contributed by atoms with Crippen LogP contribution in [0.2, 0.25) is 0 Å². The van der Waals surface area contributed by atoms with Crippen molar-refractivity contribution in [3.8, 4) is 11.5 Å². The Hall–Kier alpha value is -2.54. The number of rotatable bonds is 2. The first-order chi connectivity index (χ1) is 11.2. The SMILES string of the molecule is COc1cc(O)c2c(c1)C1=CC(OC(C)=O)C(O)CC1(C)OC2=O. The number of hydrogen-bond acceptors (Lipinski definition) is 7. The smallest absolute Gasteiger partial charge is 0.343 e. The summed E-state index contributed by atoms with van der Waals surface area (Å²) in [6, 6.07) is 2.94. The van der Waals surface area contributed by atoms with Gasteiger partial charge in [-0.25, -0.2) is 4.79 Å². The summed E-state index contributed by atoms with van der Waals surface area (Å²) < 4.78 is 15.7. The normalized spacial score (nSPS) is 28.2. The number of ether oxygens (including phenoxy) is 3. The summed E-state index contributed by atoms with van der Waals surface area (Å²) in [4.78, 5) is 23.6. The number of carbonyl (C=O) groups excluding carboxylic acids is 2. The van der Waals surface area contributed by atoms with Gasteiger partial charge in [-0.05, 0) is 19.1 Å². The number of esters is 2. The van der Waals surface area contributed by atoms with Crippen LogP contribution in [0.3, 0.4) is 0 Å². The Morgan fingerprint density at radius 2 is 2.12 bits per heavy atom. The van der Waals surface area contributed by atoms with Gasteiger partial charge in [-0.2, -0.15) is 0 Å². The summed E-state index contributed by atoms with van der Waals surface area (Å²) in [5.74, 6) is -1.09. The average Bonchev–Trinajstić information content (AvgIpc) is 2.47. The zero-order chi connectivity index (χ0) is 17.6. The molecule has 0 bridgehead atoms. The van der Waals surface area contributed by atoms with Crippen LogP contribution in [0.4, 0.5) is 0 Å². The molecule has 2 N–H and O–H groups in total. The number of benzene rings is 1. The lowest BCUT2D eigenvalue weighted by molar-refractivity contribution is -0.151. The zero-order valence-corrected chi connectivity index (χ0v) is 13.5. The third kappa shape index (κ3) is 2.50. The molecule has 0 spiro atoms. The first kappa shape index (κ1) is 16.3. The van der Waals surface area contributed by atoms with E-state index in [1.54, 1.807) is 19.1 Å². The Labute approximate surface area is 138 Å². The van der Waals surface area contributed by atoms with Gasteiger partial charge in [0.1, 0.15) is 28.8 Å².